The van der Waals surface area contributed by atoms with Gasteiger partial charge in [-0.2, -0.15) is 0 Å². The number of nitrogen functional groups attached to an aromatic ring is 1. The number of nitrogens with two attached hydrogens (primary N) is 1. The number of hydrogen-bond donors (Lipinski definition) is 1. The van der Waals surface area contributed by atoms with E-state index in [0.717, 1.165) is 18.5 Å². The molecule has 108 valence electrons. The fourth-order valence-corrected chi connectivity index (χ4v) is 3.28. The molecular weight excluding hydrogens is 328 g/mol. The number of para-hydroxylation sites is 1. The zero-order valence-electron chi connectivity index (χ0n) is 11.8. The first-order valence-corrected chi connectivity index (χ1v) is 7.84. The SMILES string of the molecule is CC1CCc2ccccc2N1C(=O)c1cccc(N)c1Br. The molecule has 0 spiro atoms. The highest BCUT2D eigenvalue weighted by atomic mass is 79.9. The van der Waals surface area contributed by atoms with E-state index in [0.29, 0.717) is 15.7 Å². The van der Waals surface area contributed by atoms with E-state index in [1.807, 2.05) is 35.2 Å². The quantitative estimate of drug-likeness (QED) is 0.794. The Morgan fingerprint density at radius 3 is 2.81 bits per heavy atom. The molecule has 4 heteroatoms. The summed E-state index contributed by atoms with van der Waals surface area (Å²) >= 11 is 3.43. The second-order valence-electron chi connectivity index (χ2n) is 5.40. The average Bonchev–Trinajstić information content (AvgIpc) is 2.49. The summed E-state index contributed by atoms with van der Waals surface area (Å²) in [5.74, 6) is -0.00572. The lowest BCUT2D eigenvalue weighted by Crippen LogP contribution is -2.42. The summed E-state index contributed by atoms with van der Waals surface area (Å²) in [7, 11) is 0. The van der Waals surface area contributed by atoms with Gasteiger partial charge in [0, 0.05) is 17.4 Å². The largest absolute Gasteiger partial charge is 0.398 e. The Morgan fingerprint density at radius 1 is 1.24 bits per heavy atom. The molecule has 0 saturated heterocycles. The maximum absolute atomic E-state index is 13.0. The summed E-state index contributed by atoms with van der Waals surface area (Å²) in [6.45, 7) is 2.09. The molecular formula is C17H17BrN2O. The average molecular weight is 345 g/mol. The highest BCUT2D eigenvalue weighted by Gasteiger charge is 2.29. The van der Waals surface area contributed by atoms with E-state index in [1.54, 1.807) is 6.07 Å². The predicted octanol–water partition coefficient (Wildman–Crippen LogP) is 4.01. The van der Waals surface area contributed by atoms with E-state index in [9.17, 15) is 4.79 Å². The summed E-state index contributed by atoms with van der Waals surface area (Å²) in [5, 5.41) is 0. The van der Waals surface area contributed by atoms with Crippen molar-refractivity contribution in [3.05, 3.63) is 58.1 Å². The zero-order valence-corrected chi connectivity index (χ0v) is 13.4. The van der Waals surface area contributed by atoms with Crippen molar-refractivity contribution in [3.63, 3.8) is 0 Å². The van der Waals surface area contributed by atoms with Crippen LogP contribution in [0.15, 0.2) is 46.9 Å². The van der Waals surface area contributed by atoms with Crippen LogP contribution in [0.1, 0.15) is 29.3 Å². The van der Waals surface area contributed by atoms with Crippen LogP contribution in [-0.2, 0) is 6.42 Å². The molecule has 2 aromatic rings. The number of hydrogen-bond acceptors (Lipinski definition) is 2. The Bertz CT molecular complexity index is 699. The Hall–Kier alpha value is -1.81. The molecule has 0 radical (unpaired) electrons. The summed E-state index contributed by atoms with van der Waals surface area (Å²) in [5.41, 5.74) is 9.33. The topological polar surface area (TPSA) is 46.3 Å². The first-order chi connectivity index (χ1) is 10.1. The van der Waals surface area contributed by atoms with Crippen LogP contribution in [0.4, 0.5) is 11.4 Å². The van der Waals surface area contributed by atoms with Gasteiger partial charge >= 0.3 is 0 Å². The van der Waals surface area contributed by atoms with E-state index in [1.165, 1.54) is 5.56 Å². The van der Waals surface area contributed by atoms with Crippen LogP contribution >= 0.6 is 15.9 Å². The number of halogens is 1. The Kier molecular flexibility index (Phi) is 3.72. The lowest BCUT2D eigenvalue weighted by Gasteiger charge is -2.35. The number of nitrogens with zero attached hydrogens (tertiary/aromatic N) is 1. The van der Waals surface area contributed by atoms with Crippen molar-refractivity contribution in [1.82, 2.24) is 0 Å². The number of carbonyl (C=O) groups excluding carboxylic acids is 1. The van der Waals surface area contributed by atoms with E-state index in [4.69, 9.17) is 5.73 Å². The van der Waals surface area contributed by atoms with E-state index >= 15 is 0 Å². The van der Waals surface area contributed by atoms with Gasteiger partial charge in [0.25, 0.3) is 5.91 Å². The normalized spacial score (nSPS) is 17.4. The molecule has 2 N–H and O–H groups in total. The molecule has 21 heavy (non-hydrogen) atoms. The maximum atomic E-state index is 13.0. The van der Waals surface area contributed by atoms with Gasteiger partial charge in [-0.25, -0.2) is 0 Å². The molecule has 1 unspecified atom stereocenters. The number of benzene rings is 2. The van der Waals surface area contributed by atoms with E-state index in [2.05, 4.69) is 28.9 Å². The summed E-state index contributed by atoms with van der Waals surface area (Å²) in [4.78, 5) is 14.9. The van der Waals surface area contributed by atoms with Gasteiger partial charge in [-0.3, -0.25) is 4.79 Å². The van der Waals surface area contributed by atoms with Crippen LogP contribution in [-0.4, -0.2) is 11.9 Å². The van der Waals surface area contributed by atoms with Gasteiger partial charge in [0.1, 0.15) is 0 Å². The smallest absolute Gasteiger partial charge is 0.259 e. The van der Waals surface area contributed by atoms with Gasteiger partial charge in [-0.05, 0) is 59.5 Å². The minimum absolute atomic E-state index is 0.00572. The number of anilines is 2. The molecule has 0 fully saturated rings. The molecule has 1 amide bonds. The standard InChI is InChI=1S/C17H17BrN2O/c1-11-9-10-12-5-2-3-8-15(12)20(11)17(21)13-6-4-7-14(19)16(13)18/h2-8,11H,9-10,19H2,1H3. The van der Waals surface area contributed by atoms with Gasteiger partial charge in [-0.1, -0.05) is 24.3 Å². The second-order valence-corrected chi connectivity index (χ2v) is 6.19. The second kappa shape index (κ2) is 5.53. The fraction of sp³-hybridized carbons (Fsp3) is 0.235. The van der Waals surface area contributed by atoms with Crippen LogP contribution in [0.3, 0.4) is 0 Å². The number of carbonyl (C=O) groups is 1. The van der Waals surface area contributed by atoms with Gasteiger partial charge in [0.2, 0.25) is 0 Å². The third-order valence-electron chi connectivity index (χ3n) is 4.00. The van der Waals surface area contributed by atoms with Gasteiger partial charge < -0.3 is 10.6 Å². The first kappa shape index (κ1) is 14.1. The monoisotopic (exact) mass is 344 g/mol. The highest BCUT2D eigenvalue weighted by Crippen LogP contribution is 2.33. The van der Waals surface area contributed by atoms with Crippen LogP contribution in [0.25, 0.3) is 0 Å². The van der Waals surface area contributed by atoms with Crippen molar-refractivity contribution in [1.29, 1.82) is 0 Å². The lowest BCUT2D eigenvalue weighted by atomic mass is 9.95. The van der Waals surface area contributed by atoms with Gasteiger partial charge in [0.15, 0.2) is 0 Å². The van der Waals surface area contributed by atoms with Gasteiger partial charge in [-0.15, -0.1) is 0 Å². The third kappa shape index (κ3) is 2.44. The van der Waals surface area contributed by atoms with Crippen molar-refractivity contribution in [2.24, 2.45) is 0 Å². The summed E-state index contributed by atoms with van der Waals surface area (Å²) < 4.78 is 0.672. The van der Waals surface area contributed by atoms with Crippen molar-refractivity contribution in [2.45, 2.75) is 25.8 Å². The number of amides is 1. The summed E-state index contributed by atoms with van der Waals surface area (Å²) in [6.07, 6.45) is 1.99. The predicted molar refractivity (Wildman–Crippen MR) is 89.6 cm³/mol. The van der Waals surface area contributed by atoms with E-state index < -0.39 is 0 Å². The fourth-order valence-electron chi connectivity index (χ4n) is 2.84. The molecule has 1 heterocycles. The Morgan fingerprint density at radius 2 is 2.00 bits per heavy atom. The molecule has 0 aromatic heterocycles. The summed E-state index contributed by atoms with van der Waals surface area (Å²) in [6, 6.07) is 13.7. The molecule has 0 saturated carbocycles. The van der Waals surface area contributed by atoms with Crippen LogP contribution in [0, 0.1) is 0 Å². The molecule has 0 bridgehead atoms. The molecule has 1 atom stereocenters. The van der Waals surface area contributed by atoms with Crippen molar-refractivity contribution in [3.8, 4) is 0 Å². The first-order valence-electron chi connectivity index (χ1n) is 7.05. The number of rotatable bonds is 1. The van der Waals surface area contributed by atoms with Gasteiger partial charge in [0.05, 0.1) is 10.0 Å². The minimum atomic E-state index is -0.00572. The lowest BCUT2D eigenvalue weighted by molar-refractivity contribution is 0.0974. The van der Waals surface area contributed by atoms with Crippen molar-refractivity contribution in [2.75, 3.05) is 10.6 Å². The van der Waals surface area contributed by atoms with Crippen LogP contribution < -0.4 is 10.6 Å². The van der Waals surface area contributed by atoms with Crippen molar-refractivity contribution < 1.29 is 4.79 Å². The maximum Gasteiger partial charge on any atom is 0.259 e. The number of aryl methyl sites for hydroxylation is 1. The Labute approximate surface area is 132 Å². The molecule has 3 rings (SSSR count). The molecule has 3 nitrogen and oxygen atoms in total. The molecule has 0 aliphatic carbocycles. The number of fused-ring (bicyclic) bond motifs is 1. The zero-order chi connectivity index (χ0) is 15.0. The van der Waals surface area contributed by atoms with E-state index in [-0.39, 0.29) is 11.9 Å². The van der Waals surface area contributed by atoms with Crippen molar-refractivity contribution >= 4 is 33.2 Å². The van der Waals surface area contributed by atoms with Crippen LogP contribution in [0.5, 0.6) is 0 Å². The molecule has 2 aromatic carbocycles. The Balaban J connectivity index is 2.07. The minimum Gasteiger partial charge on any atom is -0.398 e. The van der Waals surface area contributed by atoms with Crippen LogP contribution in [0.2, 0.25) is 0 Å². The third-order valence-corrected chi connectivity index (χ3v) is 4.89. The molecule has 1 aliphatic heterocycles. The molecule has 1 aliphatic rings. The highest BCUT2D eigenvalue weighted by molar-refractivity contribution is 9.10.